The van der Waals surface area contributed by atoms with Gasteiger partial charge in [-0.3, -0.25) is 0 Å². The van der Waals surface area contributed by atoms with Gasteiger partial charge < -0.3 is 10.2 Å². The van der Waals surface area contributed by atoms with Crippen LogP contribution in [0.1, 0.15) is 13.3 Å². The molecule has 1 aliphatic rings. The molecular formula is C8H17N2. The van der Waals surface area contributed by atoms with Crippen LogP contribution < -0.4 is 5.32 Å². The summed E-state index contributed by atoms with van der Waals surface area (Å²) in [6, 6.07) is 0. The molecule has 59 valence electrons. The Balaban J connectivity index is 2.02. The van der Waals surface area contributed by atoms with Crippen LogP contribution in [0.15, 0.2) is 0 Å². The molecule has 1 aliphatic heterocycles. The second-order valence-corrected chi connectivity index (χ2v) is 2.75. The number of unbranched alkanes of at least 4 members (excludes halogenated alkanes) is 1. The van der Waals surface area contributed by atoms with Crippen LogP contribution in [-0.4, -0.2) is 37.6 Å². The molecular weight excluding hydrogens is 124 g/mol. The fraction of sp³-hybridized carbons (Fsp3) is 0.875. The maximum atomic E-state index is 3.34. The molecule has 10 heavy (non-hydrogen) atoms. The summed E-state index contributed by atoms with van der Waals surface area (Å²) >= 11 is 0. The van der Waals surface area contributed by atoms with Crippen LogP contribution >= 0.6 is 0 Å². The van der Waals surface area contributed by atoms with Crippen molar-refractivity contribution in [2.24, 2.45) is 0 Å². The number of piperazine rings is 1. The first-order chi connectivity index (χ1) is 4.93. The molecule has 0 atom stereocenters. The molecule has 2 heteroatoms. The van der Waals surface area contributed by atoms with Gasteiger partial charge in [0.2, 0.25) is 0 Å². The molecule has 2 nitrogen and oxygen atoms in total. The molecule has 1 N–H and O–H groups in total. The summed E-state index contributed by atoms with van der Waals surface area (Å²) in [6.45, 7) is 8.14. The van der Waals surface area contributed by atoms with Crippen molar-refractivity contribution >= 4 is 0 Å². The number of nitrogens with one attached hydrogen (secondary N) is 1. The van der Waals surface area contributed by atoms with E-state index in [1.165, 1.54) is 26.1 Å². The van der Waals surface area contributed by atoms with Crippen LogP contribution in [0.25, 0.3) is 0 Å². The summed E-state index contributed by atoms with van der Waals surface area (Å²) in [7, 11) is 0. The monoisotopic (exact) mass is 141 g/mol. The van der Waals surface area contributed by atoms with Crippen LogP contribution in [-0.2, 0) is 0 Å². The van der Waals surface area contributed by atoms with Crippen LogP contribution in [0.5, 0.6) is 0 Å². The maximum absolute atomic E-state index is 3.34. The van der Waals surface area contributed by atoms with Crippen molar-refractivity contribution in [3.8, 4) is 0 Å². The highest BCUT2D eigenvalue weighted by Crippen LogP contribution is 1.94. The fourth-order valence-electron chi connectivity index (χ4n) is 1.21. The van der Waals surface area contributed by atoms with E-state index >= 15 is 0 Å². The molecule has 1 saturated heterocycles. The van der Waals surface area contributed by atoms with Gasteiger partial charge in [0, 0.05) is 32.7 Å². The second kappa shape index (κ2) is 4.69. The van der Waals surface area contributed by atoms with Gasteiger partial charge in [-0.2, -0.15) is 0 Å². The molecule has 0 amide bonds. The predicted octanol–water partition coefficient (Wildman–Crippen LogP) is 0.506. The van der Waals surface area contributed by atoms with Gasteiger partial charge in [-0.25, -0.2) is 0 Å². The quantitative estimate of drug-likeness (QED) is 0.616. The van der Waals surface area contributed by atoms with E-state index in [9.17, 15) is 0 Å². The Morgan fingerprint density at radius 3 is 2.70 bits per heavy atom. The summed E-state index contributed by atoms with van der Waals surface area (Å²) in [4.78, 5) is 2.49. The summed E-state index contributed by atoms with van der Waals surface area (Å²) in [5, 5.41) is 3.34. The van der Waals surface area contributed by atoms with E-state index in [2.05, 4.69) is 23.6 Å². The molecule has 0 aromatic heterocycles. The van der Waals surface area contributed by atoms with Crippen molar-refractivity contribution in [1.82, 2.24) is 10.2 Å². The Morgan fingerprint density at radius 2 is 2.10 bits per heavy atom. The Hall–Kier alpha value is -0.0800. The average Bonchev–Trinajstić information content (AvgIpc) is 2.03. The third kappa shape index (κ3) is 2.67. The van der Waals surface area contributed by atoms with E-state index in [1.54, 1.807) is 0 Å². The Kier molecular flexibility index (Phi) is 3.76. The lowest BCUT2D eigenvalue weighted by atomic mass is 10.3. The van der Waals surface area contributed by atoms with Crippen LogP contribution in [0.4, 0.5) is 0 Å². The lowest BCUT2D eigenvalue weighted by molar-refractivity contribution is 0.256. The topological polar surface area (TPSA) is 15.3 Å². The number of hydrogen-bond acceptors (Lipinski definition) is 2. The van der Waals surface area contributed by atoms with Gasteiger partial charge in [0.25, 0.3) is 0 Å². The highest BCUT2D eigenvalue weighted by Gasteiger charge is 2.07. The van der Waals surface area contributed by atoms with E-state index in [-0.39, 0.29) is 0 Å². The summed E-state index contributed by atoms with van der Waals surface area (Å²) in [5.74, 6) is 0. The molecule has 1 rings (SSSR count). The first-order valence-electron chi connectivity index (χ1n) is 4.18. The van der Waals surface area contributed by atoms with Crippen LogP contribution in [0.2, 0.25) is 0 Å². The molecule has 1 radical (unpaired) electrons. The average molecular weight is 141 g/mol. The fourth-order valence-corrected chi connectivity index (χ4v) is 1.21. The maximum Gasteiger partial charge on any atom is 0.0107 e. The molecule has 0 bridgehead atoms. The van der Waals surface area contributed by atoms with Crippen LogP contribution in [0, 0.1) is 6.42 Å². The Labute approximate surface area is 63.6 Å². The lowest BCUT2D eigenvalue weighted by Gasteiger charge is -2.26. The SMILES string of the molecule is CC[CH]CN1CCNCC1. The number of hydrogen-bond donors (Lipinski definition) is 1. The summed E-state index contributed by atoms with van der Waals surface area (Å²) < 4.78 is 0. The predicted molar refractivity (Wildman–Crippen MR) is 43.9 cm³/mol. The van der Waals surface area contributed by atoms with Crippen molar-refractivity contribution in [2.45, 2.75) is 13.3 Å². The van der Waals surface area contributed by atoms with Crippen molar-refractivity contribution in [1.29, 1.82) is 0 Å². The minimum atomic E-state index is 1.16. The van der Waals surface area contributed by atoms with Crippen molar-refractivity contribution in [2.75, 3.05) is 32.7 Å². The van der Waals surface area contributed by atoms with Gasteiger partial charge in [-0.05, 0) is 6.42 Å². The van der Waals surface area contributed by atoms with Gasteiger partial charge in [0.05, 0.1) is 0 Å². The summed E-state index contributed by atoms with van der Waals surface area (Å²) in [5.41, 5.74) is 0. The van der Waals surface area contributed by atoms with E-state index in [0.29, 0.717) is 0 Å². The lowest BCUT2D eigenvalue weighted by Crippen LogP contribution is -2.43. The van der Waals surface area contributed by atoms with Gasteiger partial charge in [0.1, 0.15) is 0 Å². The largest absolute Gasteiger partial charge is 0.314 e. The molecule has 0 unspecified atom stereocenters. The number of rotatable bonds is 3. The molecule has 1 fully saturated rings. The molecule has 0 spiro atoms. The molecule has 0 aromatic carbocycles. The second-order valence-electron chi connectivity index (χ2n) is 2.75. The van der Waals surface area contributed by atoms with E-state index in [4.69, 9.17) is 0 Å². The van der Waals surface area contributed by atoms with Crippen molar-refractivity contribution in [3.63, 3.8) is 0 Å². The van der Waals surface area contributed by atoms with E-state index in [1.807, 2.05) is 0 Å². The Bertz CT molecular complexity index is 77.3. The molecule has 0 aliphatic carbocycles. The van der Waals surface area contributed by atoms with E-state index < -0.39 is 0 Å². The zero-order valence-electron chi connectivity index (χ0n) is 6.77. The third-order valence-corrected chi connectivity index (χ3v) is 1.89. The smallest absolute Gasteiger partial charge is 0.0107 e. The van der Waals surface area contributed by atoms with Crippen molar-refractivity contribution in [3.05, 3.63) is 6.42 Å². The minimum absolute atomic E-state index is 1.16. The van der Waals surface area contributed by atoms with Crippen LogP contribution in [0.3, 0.4) is 0 Å². The number of nitrogens with zero attached hydrogens (tertiary/aromatic N) is 1. The molecule has 1 heterocycles. The summed E-state index contributed by atoms with van der Waals surface area (Å²) in [6.07, 6.45) is 3.54. The minimum Gasteiger partial charge on any atom is -0.314 e. The standard InChI is InChI=1S/C8H17N2/c1-2-3-6-10-7-4-9-5-8-10/h3,9H,2,4-8H2,1H3. The van der Waals surface area contributed by atoms with Gasteiger partial charge in [-0.15, -0.1) is 0 Å². The van der Waals surface area contributed by atoms with E-state index in [0.717, 1.165) is 13.1 Å². The molecule has 0 aromatic rings. The first-order valence-corrected chi connectivity index (χ1v) is 4.18. The van der Waals surface area contributed by atoms with Gasteiger partial charge in [0.15, 0.2) is 0 Å². The highest BCUT2D eigenvalue weighted by molar-refractivity contribution is 4.73. The third-order valence-electron chi connectivity index (χ3n) is 1.89. The van der Waals surface area contributed by atoms with Gasteiger partial charge in [-0.1, -0.05) is 13.3 Å². The first kappa shape index (κ1) is 8.02. The zero-order valence-corrected chi connectivity index (χ0v) is 6.77. The highest BCUT2D eigenvalue weighted by atomic mass is 15.2. The molecule has 0 saturated carbocycles. The Morgan fingerprint density at radius 1 is 1.40 bits per heavy atom. The van der Waals surface area contributed by atoms with Gasteiger partial charge >= 0.3 is 0 Å². The zero-order chi connectivity index (χ0) is 7.23. The van der Waals surface area contributed by atoms with Crippen molar-refractivity contribution < 1.29 is 0 Å². The normalized spacial score (nSPS) is 21.3.